The number of benzene rings is 1. The Kier molecular flexibility index (Phi) is 7.16. The fourth-order valence-electron chi connectivity index (χ4n) is 4.10. The number of anilines is 2. The van der Waals surface area contributed by atoms with E-state index in [2.05, 4.69) is 20.3 Å². The van der Waals surface area contributed by atoms with Crippen LogP contribution in [0.1, 0.15) is 5.56 Å². The summed E-state index contributed by atoms with van der Waals surface area (Å²) in [5.74, 6) is 1.10. The second-order valence-corrected chi connectivity index (χ2v) is 9.44. The molecule has 3 aromatic heterocycles. The number of nitrogens with one attached hydrogen (secondary N) is 1. The average molecular weight is 497 g/mol. The highest BCUT2D eigenvalue weighted by atomic mass is 32.2. The van der Waals surface area contributed by atoms with Gasteiger partial charge >= 0.3 is 0 Å². The molecule has 4 aromatic rings. The third kappa shape index (κ3) is 5.57. The molecule has 1 fully saturated rings. The molecule has 0 bridgehead atoms. The average Bonchev–Trinajstić information content (AvgIpc) is 3.50. The van der Waals surface area contributed by atoms with E-state index in [4.69, 9.17) is 9.84 Å². The summed E-state index contributed by atoms with van der Waals surface area (Å²) in [5, 5.41) is 12.5. The number of fused-ring (bicyclic) bond motifs is 1. The highest BCUT2D eigenvalue weighted by molar-refractivity contribution is 7.76. The van der Waals surface area contributed by atoms with Gasteiger partial charge in [0.1, 0.15) is 0 Å². The molecule has 4 heterocycles. The lowest BCUT2D eigenvalue weighted by Gasteiger charge is -2.26. The highest BCUT2D eigenvalue weighted by Gasteiger charge is 2.15. The third-order valence-electron chi connectivity index (χ3n) is 5.98. The Balaban J connectivity index is 1.33. The van der Waals surface area contributed by atoms with Crippen molar-refractivity contribution in [3.8, 4) is 11.3 Å². The fraction of sp³-hybridized carbons (Fsp3) is 0.348. The van der Waals surface area contributed by atoms with Crippen LogP contribution in [0.4, 0.5) is 11.8 Å². The Hall–Kier alpha value is -3.16. The fourth-order valence-corrected chi connectivity index (χ4v) is 4.35. The van der Waals surface area contributed by atoms with Crippen molar-refractivity contribution in [3.63, 3.8) is 0 Å². The van der Waals surface area contributed by atoms with Crippen molar-refractivity contribution in [3.05, 3.63) is 60.4 Å². The van der Waals surface area contributed by atoms with E-state index in [-0.39, 0.29) is 0 Å². The van der Waals surface area contributed by atoms with Crippen molar-refractivity contribution in [1.29, 1.82) is 0 Å². The first kappa shape index (κ1) is 23.6. The van der Waals surface area contributed by atoms with Crippen LogP contribution in [-0.2, 0) is 29.1 Å². The summed E-state index contributed by atoms with van der Waals surface area (Å²) in [4.78, 5) is 6.81. The first-order chi connectivity index (χ1) is 17.1. The van der Waals surface area contributed by atoms with E-state index >= 15 is 0 Å². The van der Waals surface area contributed by atoms with Crippen LogP contribution in [0.25, 0.3) is 16.8 Å². The zero-order chi connectivity index (χ0) is 24.2. The number of aromatic nitrogens is 5. The van der Waals surface area contributed by atoms with E-state index < -0.39 is 11.3 Å². The van der Waals surface area contributed by atoms with Crippen LogP contribution in [-0.4, -0.2) is 82.2 Å². The zero-order valence-electron chi connectivity index (χ0n) is 19.4. The second kappa shape index (κ2) is 10.6. The predicted octanol–water partition coefficient (Wildman–Crippen LogP) is 2.24. The summed E-state index contributed by atoms with van der Waals surface area (Å²) >= 11 is -2.05. The Labute approximate surface area is 205 Å². The van der Waals surface area contributed by atoms with Crippen molar-refractivity contribution in [2.24, 2.45) is 0 Å². The molecule has 1 aliphatic heterocycles. The maximum atomic E-state index is 11.4. The van der Waals surface area contributed by atoms with E-state index in [1.807, 2.05) is 57.9 Å². The van der Waals surface area contributed by atoms with E-state index in [9.17, 15) is 8.76 Å². The maximum absolute atomic E-state index is 11.4. The molecule has 1 saturated heterocycles. The molecule has 0 saturated carbocycles. The van der Waals surface area contributed by atoms with Crippen LogP contribution in [0.3, 0.4) is 0 Å². The van der Waals surface area contributed by atoms with Gasteiger partial charge in [-0.05, 0) is 17.7 Å². The van der Waals surface area contributed by atoms with Gasteiger partial charge in [0, 0.05) is 51.1 Å². The number of morpholine rings is 1. The minimum absolute atomic E-state index is 0.324. The third-order valence-corrected chi connectivity index (χ3v) is 6.64. The molecule has 0 aliphatic carbocycles. The normalized spacial score (nSPS) is 15.6. The minimum atomic E-state index is -2.05. The topological polar surface area (TPSA) is 113 Å². The van der Waals surface area contributed by atoms with Gasteiger partial charge < -0.3 is 10.1 Å². The van der Waals surface area contributed by atoms with E-state index in [0.29, 0.717) is 18.3 Å². The number of hydrogen-bond donors (Lipinski definition) is 2. The number of ether oxygens (including phenoxy) is 1. The summed E-state index contributed by atoms with van der Waals surface area (Å²) in [7, 11) is 1.60. The summed E-state index contributed by atoms with van der Waals surface area (Å²) in [5.41, 5.74) is 3.57. The van der Waals surface area contributed by atoms with Gasteiger partial charge in [0.15, 0.2) is 5.82 Å². The van der Waals surface area contributed by atoms with E-state index in [1.165, 1.54) is 4.31 Å². The first-order valence-electron chi connectivity index (χ1n) is 11.4. The van der Waals surface area contributed by atoms with Crippen molar-refractivity contribution in [2.75, 3.05) is 45.2 Å². The van der Waals surface area contributed by atoms with Gasteiger partial charge in [-0.3, -0.25) is 14.1 Å². The lowest BCUT2D eigenvalue weighted by molar-refractivity contribution is 0.0360. The van der Waals surface area contributed by atoms with Gasteiger partial charge in [0.05, 0.1) is 37.2 Å². The summed E-state index contributed by atoms with van der Waals surface area (Å²) < 4.78 is 31.3. The highest BCUT2D eigenvalue weighted by Crippen LogP contribution is 2.27. The van der Waals surface area contributed by atoms with Crippen molar-refractivity contribution < 1.29 is 13.5 Å². The van der Waals surface area contributed by atoms with Crippen molar-refractivity contribution >= 4 is 28.5 Å². The summed E-state index contributed by atoms with van der Waals surface area (Å²) in [6.07, 6.45) is 3.70. The molecule has 35 heavy (non-hydrogen) atoms. The molecule has 12 heteroatoms. The predicted molar refractivity (Wildman–Crippen MR) is 133 cm³/mol. The van der Waals surface area contributed by atoms with Crippen LogP contribution in [0.15, 0.2) is 54.9 Å². The Morgan fingerprint density at radius 1 is 1.11 bits per heavy atom. The molecule has 0 spiro atoms. The van der Waals surface area contributed by atoms with E-state index in [0.717, 1.165) is 61.7 Å². The molecule has 1 unspecified atom stereocenters. The minimum Gasteiger partial charge on any atom is -0.379 e. The van der Waals surface area contributed by atoms with Crippen molar-refractivity contribution in [1.82, 2.24) is 33.6 Å². The summed E-state index contributed by atoms with van der Waals surface area (Å²) in [6.45, 7) is 5.54. The molecule has 1 aliphatic rings. The first-order valence-corrected chi connectivity index (χ1v) is 12.5. The number of hydrogen-bond acceptors (Lipinski definition) is 7. The van der Waals surface area contributed by atoms with Crippen LogP contribution in [0.5, 0.6) is 0 Å². The molecule has 11 nitrogen and oxygen atoms in total. The van der Waals surface area contributed by atoms with Crippen LogP contribution in [0.2, 0.25) is 0 Å². The quantitative estimate of drug-likeness (QED) is 0.339. The molecule has 5 rings (SSSR count). The van der Waals surface area contributed by atoms with Crippen LogP contribution >= 0.6 is 0 Å². The van der Waals surface area contributed by atoms with Gasteiger partial charge in [-0.2, -0.15) is 9.40 Å². The molecular weight excluding hydrogens is 468 g/mol. The molecule has 184 valence electrons. The second-order valence-electron chi connectivity index (χ2n) is 8.35. The SMILES string of the molecule is CN(Cc1ccccc1-c1ccc2cnc(Nc3ccn(CCN4CCOCC4)n3)nn12)S(=O)O. The van der Waals surface area contributed by atoms with Gasteiger partial charge in [-0.25, -0.2) is 13.7 Å². The Morgan fingerprint density at radius 2 is 1.94 bits per heavy atom. The standard InChI is InChI=1S/C23H28N8O3S/c1-28(35(32)33)17-18-4-2-3-5-20(18)21-7-6-19-16-24-23(27-31(19)21)25-22-8-9-30(26-22)11-10-29-12-14-34-15-13-29/h2-9,16H,10-15,17H2,1H3,(H,32,33)(H,25,26,27). The summed E-state index contributed by atoms with van der Waals surface area (Å²) in [6, 6.07) is 13.6. The number of rotatable bonds is 9. The van der Waals surface area contributed by atoms with Gasteiger partial charge in [0.25, 0.3) is 0 Å². The largest absolute Gasteiger partial charge is 0.379 e. The van der Waals surface area contributed by atoms with E-state index in [1.54, 1.807) is 13.2 Å². The zero-order valence-corrected chi connectivity index (χ0v) is 20.3. The smallest absolute Gasteiger partial charge is 0.246 e. The lowest BCUT2D eigenvalue weighted by atomic mass is 10.0. The van der Waals surface area contributed by atoms with Gasteiger partial charge in [0.2, 0.25) is 17.2 Å². The molecule has 2 N–H and O–H groups in total. The lowest BCUT2D eigenvalue weighted by Crippen LogP contribution is -2.38. The number of nitrogens with zero attached hydrogens (tertiary/aromatic N) is 7. The van der Waals surface area contributed by atoms with Crippen molar-refractivity contribution in [2.45, 2.75) is 13.1 Å². The molecule has 1 aromatic carbocycles. The Morgan fingerprint density at radius 3 is 2.77 bits per heavy atom. The molecule has 1 atom stereocenters. The van der Waals surface area contributed by atoms with Gasteiger partial charge in [-0.15, -0.1) is 5.10 Å². The molecule has 0 amide bonds. The monoisotopic (exact) mass is 496 g/mol. The maximum Gasteiger partial charge on any atom is 0.246 e. The Bertz CT molecular complexity index is 1320. The van der Waals surface area contributed by atoms with Crippen LogP contribution < -0.4 is 5.32 Å². The molecular formula is C23H28N8O3S. The van der Waals surface area contributed by atoms with Gasteiger partial charge in [-0.1, -0.05) is 24.3 Å². The van der Waals surface area contributed by atoms with Crippen LogP contribution in [0, 0.1) is 0 Å². The molecule has 0 radical (unpaired) electrons.